The van der Waals surface area contributed by atoms with Crippen molar-refractivity contribution in [1.82, 2.24) is 10.2 Å². The molecule has 2 aromatic rings. The summed E-state index contributed by atoms with van der Waals surface area (Å²) in [6, 6.07) is 12.3. The Hall–Kier alpha value is -2.58. The van der Waals surface area contributed by atoms with Crippen molar-refractivity contribution in [2.75, 3.05) is 48.9 Å². The number of hydrogen-bond acceptors (Lipinski definition) is 5. The summed E-state index contributed by atoms with van der Waals surface area (Å²) in [6.45, 7) is 6.76. The minimum Gasteiger partial charge on any atom is -0.367 e. The Labute approximate surface area is 184 Å². The lowest BCUT2D eigenvalue weighted by Crippen LogP contribution is -2.43. The number of likely N-dealkylation sites (tertiary alicyclic amines) is 1. The molecule has 8 heteroatoms. The number of piperazine rings is 1. The van der Waals surface area contributed by atoms with Gasteiger partial charge in [0.25, 0.3) is 15.9 Å². The summed E-state index contributed by atoms with van der Waals surface area (Å²) in [5.74, 6) is -0.0443. The standard InChI is InChI=1S/C23H30N4O3S/c1-2-18-5-8-20(9-6-18)31(29,30)25-21-17-19(23(28)27-13-3-4-14-27)7-10-22(21)26-15-11-24-12-16-26/h5-10,17,24-25H,2-4,11-16H2,1H3. The molecule has 0 unspecified atom stereocenters. The van der Waals surface area contributed by atoms with Gasteiger partial charge in [0.15, 0.2) is 0 Å². The van der Waals surface area contributed by atoms with E-state index in [0.29, 0.717) is 11.3 Å². The maximum absolute atomic E-state index is 13.1. The lowest BCUT2D eigenvalue weighted by molar-refractivity contribution is 0.0793. The van der Waals surface area contributed by atoms with Crippen LogP contribution in [-0.4, -0.2) is 58.5 Å². The summed E-state index contributed by atoms with van der Waals surface area (Å²) in [5.41, 5.74) is 2.85. The van der Waals surface area contributed by atoms with E-state index in [2.05, 4.69) is 14.9 Å². The van der Waals surface area contributed by atoms with Crippen molar-refractivity contribution >= 4 is 27.3 Å². The topological polar surface area (TPSA) is 81.8 Å². The van der Waals surface area contributed by atoms with Gasteiger partial charge in [-0.3, -0.25) is 9.52 Å². The maximum atomic E-state index is 13.1. The van der Waals surface area contributed by atoms with Gasteiger partial charge in [0, 0.05) is 44.8 Å². The highest BCUT2D eigenvalue weighted by atomic mass is 32.2. The normalized spacial score (nSPS) is 17.1. The highest BCUT2D eigenvalue weighted by Gasteiger charge is 2.24. The van der Waals surface area contributed by atoms with E-state index in [4.69, 9.17) is 0 Å². The molecule has 4 rings (SSSR count). The van der Waals surface area contributed by atoms with Crippen LogP contribution in [0.3, 0.4) is 0 Å². The molecule has 166 valence electrons. The smallest absolute Gasteiger partial charge is 0.261 e. The Bertz CT molecular complexity index is 1030. The number of aryl methyl sites for hydroxylation is 1. The molecule has 0 bridgehead atoms. The Morgan fingerprint density at radius 2 is 1.68 bits per heavy atom. The Morgan fingerprint density at radius 3 is 2.32 bits per heavy atom. The summed E-state index contributed by atoms with van der Waals surface area (Å²) in [7, 11) is -3.78. The first kappa shape index (κ1) is 21.6. The van der Waals surface area contributed by atoms with Crippen molar-refractivity contribution in [3.05, 3.63) is 53.6 Å². The molecule has 0 atom stereocenters. The van der Waals surface area contributed by atoms with Crippen LogP contribution >= 0.6 is 0 Å². The fraction of sp³-hybridized carbons (Fsp3) is 0.435. The molecule has 1 amide bonds. The van der Waals surface area contributed by atoms with Gasteiger partial charge in [-0.15, -0.1) is 0 Å². The lowest BCUT2D eigenvalue weighted by atomic mass is 10.1. The van der Waals surface area contributed by atoms with Gasteiger partial charge < -0.3 is 15.1 Å². The van der Waals surface area contributed by atoms with E-state index in [0.717, 1.165) is 69.8 Å². The van der Waals surface area contributed by atoms with Crippen LogP contribution in [0.4, 0.5) is 11.4 Å². The molecule has 2 saturated heterocycles. The molecule has 0 aliphatic carbocycles. The van der Waals surface area contributed by atoms with Gasteiger partial charge in [0.2, 0.25) is 0 Å². The van der Waals surface area contributed by atoms with Crippen molar-refractivity contribution in [3.63, 3.8) is 0 Å². The van der Waals surface area contributed by atoms with Gasteiger partial charge in [-0.05, 0) is 55.2 Å². The highest BCUT2D eigenvalue weighted by Crippen LogP contribution is 2.31. The number of carbonyl (C=O) groups is 1. The molecule has 2 aromatic carbocycles. The molecule has 0 radical (unpaired) electrons. The second kappa shape index (κ2) is 9.28. The first-order valence-corrected chi connectivity index (χ1v) is 12.5. The summed E-state index contributed by atoms with van der Waals surface area (Å²) >= 11 is 0. The number of anilines is 2. The predicted molar refractivity (Wildman–Crippen MR) is 123 cm³/mol. The van der Waals surface area contributed by atoms with E-state index in [9.17, 15) is 13.2 Å². The molecule has 0 saturated carbocycles. The Balaban J connectivity index is 1.67. The molecule has 2 aliphatic heterocycles. The quantitative estimate of drug-likeness (QED) is 0.719. The minimum atomic E-state index is -3.78. The van der Waals surface area contributed by atoms with Crippen molar-refractivity contribution in [2.45, 2.75) is 31.1 Å². The first-order chi connectivity index (χ1) is 15.0. The van der Waals surface area contributed by atoms with Crippen LogP contribution < -0.4 is 14.9 Å². The average Bonchev–Trinajstić information content (AvgIpc) is 3.34. The van der Waals surface area contributed by atoms with Gasteiger partial charge in [0.1, 0.15) is 0 Å². The first-order valence-electron chi connectivity index (χ1n) is 11.0. The maximum Gasteiger partial charge on any atom is 0.261 e. The SMILES string of the molecule is CCc1ccc(S(=O)(=O)Nc2cc(C(=O)N3CCCC3)ccc2N2CCNCC2)cc1. The fourth-order valence-corrected chi connectivity index (χ4v) is 5.21. The minimum absolute atomic E-state index is 0.0443. The third-order valence-electron chi connectivity index (χ3n) is 5.98. The zero-order chi connectivity index (χ0) is 21.8. The summed E-state index contributed by atoms with van der Waals surface area (Å²) in [5, 5.41) is 3.31. The van der Waals surface area contributed by atoms with Gasteiger partial charge in [-0.2, -0.15) is 0 Å². The molecular weight excluding hydrogens is 412 g/mol. The van der Waals surface area contributed by atoms with Crippen molar-refractivity contribution in [2.24, 2.45) is 0 Å². The zero-order valence-electron chi connectivity index (χ0n) is 17.9. The Morgan fingerprint density at radius 1 is 1.00 bits per heavy atom. The lowest BCUT2D eigenvalue weighted by Gasteiger charge is -2.31. The number of carbonyl (C=O) groups excluding carboxylic acids is 1. The largest absolute Gasteiger partial charge is 0.367 e. The third-order valence-corrected chi connectivity index (χ3v) is 7.36. The molecule has 31 heavy (non-hydrogen) atoms. The van der Waals surface area contributed by atoms with E-state index in [1.807, 2.05) is 36.1 Å². The van der Waals surface area contributed by atoms with Gasteiger partial charge >= 0.3 is 0 Å². The third kappa shape index (κ3) is 4.85. The van der Waals surface area contributed by atoms with Crippen LogP contribution in [0.5, 0.6) is 0 Å². The number of rotatable bonds is 6. The van der Waals surface area contributed by atoms with E-state index < -0.39 is 10.0 Å². The van der Waals surface area contributed by atoms with Crippen molar-refractivity contribution in [3.8, 4) is 0 Å². The van der Waals surface area contributed by atoms with Crippen LogP contribution in [0.1, 0.15) is 35.7 Å². The monoisotopic (exact) mass is 442 g/mol. The van der Waals surface area contributed by atoms with Crippen molar-refractivity contribution in [1.29, 1.82) is 0 Å². The predicted octanol–water partition coefficient (Wildman–Crippen LogP) is 2.70. The number of hydrogen-bond donors (Lipinski definition) is 2. The van der Waals surface area contributed by atoms with Crippen molar-refractivity contribution < 1.29 is 13.2 Å². The fourth-order valence-electron chi connectivity index (χ4n) is 4.14. The van der Waals surface area contributed by atoms with E-state index in [1.54, 1.807) is 18.2 Å². The number of nitrogens with zero attached hydrogens (tertiary/aromatic N) is 2. The number of benzene rings is 2. The second-order valence-corrected chi connectivity index (χ2v) is 9.75. The van der Waals surface area contributed by atoms with Crippen LogP contribution in [0.2, 0.25) is 0 Å². The molecule has 0 spiro atoms. The molecule has 2 heterocycles. The number of nitrogens with one attached hydrogen (secondary N) is 2. The van der Waals surface area contributed by atoms with E-state index in [-0.39, 0.29) is 10.8 Å². The van der Waals surface area contributed by atoms with Gasteiger partial charge in [-0.1, -0.05) is 19.1 Å². The van der Waals surface area contributed by atoms with Crippen LogP contribution in [0.15, 0.2) is 47.4 Å². The number of sulfonamides is 1. The molecule has 2 N–H and O–H groups in total. The number of amides is 1. The molecule has 7 nitrogen and oxygen atoms in total. The zero-order valence-corrected chi connectivity index (χ0v) is 18.7. The van der Waals surface area contributed by atoms with Gasteiger partial charge in [0.05, 0.1) is 16.3 Å². The van der Waals surface area contributed by atoms with Crippen LogP contribution in [0, 0.1) is 0 Å². The highest BCUT2D eigenvalue weighted by molar-refractivity contribution is 7.92. The molecule has 2 aliphatic rings. The van der Waals surface area contributed by atoms with Gasteiger partial charge in [-0.25, -0.2) is 8.42 Å². The summed E-state index contributed by atoms with van der Waals surface area (Å²) in [6.07, 6.45) is 2.87. The molecule has 2 fully saturated rings. The van der Waals surface area contributed by atoms with Crippen LogP contribution in [-0.2, 0) is 16.4 Å². The Kier molecular flexibility index (Phi) is 6.48. The van der Waals surface area contributed by atoms with E-state index >= 15 is 0 Å². The summed E-state index contributed by atoms with van der Waals surface area (Å²) < 4.78 is 29.0. The summed E-state index contributed by atoms with van der Waals surface area (Å²) in [4.78, 5) is 17.1. The average molecular weight is 443 g/mol. The molecular formula is C23H30N4O3S. The molecule has 0 aromatic heterocycles. The second-order valence-electron chi connectivity index (χ2n) is 8.07. The van der Waals surface area contributed by atoms with Crippen LogP contribution in [0.25, 0.3) is 0 Å². The van der Waals surface area contributed by atoms with E-state index in [1.165, 1.54) is 0 Å².